The molecular weight excluding hydrogens is 362 g/mol. The molecule has 1 amide bonds. The Bertz CT molecular complexity index is 953. The summed E-state index contributed by atoms with van der Waals surface area (Å²) in [5, 5.41) is 0. The second-order valence-electron chi connectivity index (χ2n) is 7.45. The van der Waals surface area contributed by atoms with Gasteiger partial charge in [0.15, 0.2) is 5.82 Å². The number of rotatable bonds is 7. The number of hydrogen-bond acceptors (Lipinski definition) is 4. The monoisotopic (exact) mass is 389 g/mol. The van der Waals surface area contributed by atoms with Gasteiger partial charge in [0.1, 0.15) is 5.82 Å². The minimum atomic E-state index is 0.0141. The van der Waals surface area contributed by atoms with E-state index < -0.39 is 0 Å². The molecule has 0 bridgehead atoms. The Labute approximate surface area is 171 Å². The number of aromatic nitrogens is 4. The molecule has 1 saturated heterocycles. The van der Waals surface area contributed by atoms with E-state index in [1.54, 1.807) is 18.6 Å². The van der Waals surface area contributed by atoms with Gasteiger partial charge in [-0.15, -0.1) is 0 Å². The van der Waals surface area contributed by atoms with Crippen LogP contribution in [0.15, 0.2) is 55.1 Å². The largest absolute Gasteiger partial charge is 0.334 e. The number of benzene rings is 1. The van der Waals surface area contributed by atoms with Crippen molar-refractivity contribution in [2.45, 2.75) is 51.5 Å². The van der Waals surface area contributed by atoms with Crippen LogP contribution in [0.3, 0.4) is 0 Å². The zero-order valence-corrected chi connectivity index (χ0v) is 16.9. The number of amides is 1. The second kappa shape index (κ2) is 8.99. The summed E-state index contributed by atoms with van der Waals surface area (Å²) in [4.78, 5) is 28.5. The predicted octanol–water partition coefficient (Wildman–Crippen LogP) is 3.91. The third kappa shape index (κ3) is 4.36. The molecule has 0 unspecified atom stereocenters. The fraction of sp³-hybridized carbons (Fsp3) is 0.391. The smallest absolute Gasteiger partial charge is 0.223 e. The van der Waals surface area contributed by atoms with E-state index in [9.17, 15) is 4.79 Å². The van der Waals surface area contributed by atoms with Crippen molar-refractivity contribution in [3.05, 3.63) is 72.2 Å². The van der Waals surface area contributed by atoms with Gasteiger partial charge in [-0.05, 0) is 31.2 Å². The van der Waals surface area contributed by atoms with Crippen molar-refractivity contribution in [1.29, 1.82) is 0 Å². The molecule has 0 radical (unpaired) electrons. The molecule has 4 rings (SSSR count). The lowest BCUT2D eigenvalue weighted by Crippen LogP contribution is -2.31. The number of nitrogens with zero attached hydrogens (tertiary/aromatic N) is 5. The molecule has 6 nitrogen and oxygen atoms in total. The van der Waals surface area contributed by atoms with Crippen LogP contribution in [0.5, 0.6) is 0 Å². The van der Waals surface area contributed by atoms with Gasteiger partial charge in [0.05, 0.1) is 24.1 Å². The highest BCUT2D eigenvalue weighted by molar-refractivity contribution is 5.77. The van der Waals surface area contributed by atoms with Crippen molar-refractivity contribution in [3.63, 3.8) is 0 Å². The molecule has 0 spiro atoms. The Morgan fingerprint density at radius 3 is 2.90 bits per heavy atom. The highest BCUT2D eigenvalue weighted by Crippen LogP contribution is 2.31. The summed E-state index contributed by atoms with van der Waals surface area (Å²) in [7, 11) is 0. The van der Waals surface area contributed by atoms with Crippen LogP contribution in [-0.2, 0) is 17.6 Å². The van der Waals surface area contributed by atoms with Crippen molar-refractivity contribution >= 4 is 5.91 Å². The number of carbonyl (C=O) groups excluding carboxylic acids is 1. The molecule has 29 heavy (non-hydrogen) atoms. The fourth-order valence-corrected chi connectivity index (χ4v) is 4.06. The van der Waals surface area contributed by atoms with E-state index in [0.29, 0.717) is 6.42 Å². The van der Waals surface area contributed by atoms with Crippen LogP contribution < -0.4 is 0 Å². The maximum atomic E-state index is 12.9. The van der Waals surface area contributed by atoms with E-state index in [4.69, 9.17) is 4.98 Å². The van der Waals surface area contributed by atoms with E-state index in [1.807, 2.05) is 33.9 Å². The molecule has 3 heterocycles. The maximum Gasteiger partial charge on any atom is 0.223 e. The minimum absolute atomic E-state index is 0.0141. The Morgan fingerprint density at radius 2 is 2.07 bits per heavy atom. The van der Waals surface area contributed by atoms with Crippen LogP contribution in [-0.4, -0.2) is 36.9 Å². The zero-order chi connectivity index (χ0) is 20.1. The lowest BCUT2D eigenvalue weighted by molar-refractivity contribution is -0.132. The standard InChI is InChI=1S/C23H27N5O/c1-2-21-25-13-15-28(21)22-17-24-16-19(26-22)20-11-7-14-27(20)23(29)12-6-10-18-8-4-3-5-9-18/h3-5,8-9,13,15-17,20H,2,6-7,10-12,14H2,1H3/t20-/m1/s1. The highest BCUT2D eigenvalue weighted by atomic mass is 16.2. The van der Waals surface area contributed by atoms with Crippen LogP contribution in [0.4, 0.5) is 0 Å². The molecule has 2 aromatic heterocycles. The van der Waals surface area contributed by atoms with Gasteiger partial charge in [0.2, 0.25) is 5.91 Å². The molecule has 0 N–H and O–H groups in total. The van der Waals surface area contributed by atoms with Crippen molar-refractivity contribution in [3.8, 4) is 5.82 Å². The first-order chi connectivity index (χ1) is 14.3. The summed E-state index contributed by atoms with van der Waals surface area (Å²) < 4.78 is 1.97. The van der Waals surface area contributed by atoms with Crippen molar-refractivity contribution in [2.75, 3.05) is 6.54 Å². The topological polar surface area (TPSA) is 63.9 Å². The number of aryl methyl sites for hydroxylation is 2. The Balaban J connectivity index is 1.44. The summed E-state index contributed by atoms with van der Waals surface area (Å²) in [6.07, 6.45) is 12.4. The van der Waals surface area contributed by atoms with Gasteiger partial charge < -0.3 is 4.90 Å². The van der Waals surface area contributed by atoms with Crippen LogP contribution in [0.2, 0.25) is 0 Å². The molecule has 0 aliphatic carbocycles. The van der Waals surface area contributed by atoms with Gasteiger partial charge in [-0.2, -0.15) is 0 Å². The quantitative estimate of drug-likeness (QED) is 0.615. The van der Waals surface area contributed by atoms with Crippen LogP contribution in [0.1, 0.15) is 55.7 Å². The molecule has 150 valence electrons. The first kappa shape index (κ1) is 19.3. The first-order valence-corrected chi connectivity index (χ1v) is 10.4. The Kier molecular flexibility index (Phi) is 5.98. The number of hydrogen-bond donors (Lipinski definition) is 0. The van der Waals surface area contributed by atoms with E-state index in [1.165, 1.54) is 5.56 Å². The van der Waals surface area contributed by atoms with Gasteiger partial charge in [0, 0.05) is 31.8 Å². The molecule has 1 aliphatic heterocycles. The van der Waals surface area contributed by atoms with Gasteiger partial charge in [-0.1, -0.05) is 37.3 Å². The van der Waals surface area contributed by atoms with Gasteiger partial charge in [-0.25, -0.2) is 9.97 Å². The van der Waals surface area contributed by atoms with E-state index in [0.717, 1.165) is 56.0 Å². The molecule has 6 heteroatoms. The number of carbonyl (C=O) groups is 1. The summed E-state index contributed by atoms with van der Waals surface area (Å²) >= 11 is 0. The normalized spacial score (nSPS) is 16.3. The molecular formula is C23H27N5O. The predicted molar refractivity (Wildman–Crippen MR) is 112 cm³/mol. The van der Waals surface area contributed by atoms with Crippen molar-refractivity contribution in [2.24, 2.45) is 0 Å². The van der Waals surface area contributed by atoms with Gasteiger partial charge >= 0.3 is 0 Å². The average molecular weight is 390 g/mol. The van der Waals surface area contributed by atoms with E-state index >= 15 is 0 Å². The summed E-state index contributed by atoms with van der Waals surface area (Å²) in [6, 6.07) is 10.4. The highest BCUT2D eigenvalue weighted by Gasteiger charge is 2.31. The molecule has 1 aromatic carbocycles. The van der Waals surface area contributed by atoms with E-state index in [-0.39, 0.29) is 11.9 Å². The summed E-state index contributed by atoms with van der Waals surface area (Å²) in [5.74, 6) is 1.93. The lowest BCUT2D eigenvalue weighted by atomic mass is 10.1. The summed E-state index contributed by atoms with van der Waals surface area (Å²) in [6.45, 7) is 2.87. The first-order valence-electron chi connectivity index (χ1n) is 10.4. The third-order valence-electron chi connectivity index (χ3n) is 5.53. The van der Waals surface area contributed by atoms with Crippen LogP contribution in [0.25, 0.3) is 5.82 Å². The average Bonchev–Trinajstić information content (AvgIpc) is 3.44. The van der Waals surface area contributed by atoms with Crippen molar-refractivity contribution in [1.82, 2.24) is 24.4 Å². The van der Waals surface area contributed by atoms with Crippen LogP contribution >= 0.6 is 0 Å². The fourth-order valence-electron chi connectivity index (χ4n) is 4.06. The maximum absolute atomic E-state index is 12.9. The van der Waals surface area contributed by atoms with Gasteiger partial charge in [-0.3, -0.25) is 14.3 Å². The number of likely N-dealkylation sites (tertiary alicyclic amines) is 1. The van der Waals surface area contributed by atoms with Gasteiger partial charge in [0.25, 0.3) is 0 Å². The molecule has 1 atom stereocenters. The summed E-state index contributed by atoms with van der Waals surface area (Å²) in [5.41, 5.74) is 2.15. The molecule has 1 fully saturated rings. The van der Waals surface area contributed by atoms with E-state index in [2.05, 4.69) is 29.0 Å². The Morgan fingerprint density at radius 1 is 1.21 bits per heavy atom. The minimum Gasteiger partial charge on any atom is -0.334 e. The molecule has 3 aromatic rings. The zero-order valence-electron chi connectivity index (χ0n) is 16.9. The van der Waals surface area contributed by atoms with Crippen molar-refractivity contribution < 1.29 is 4.79 Å². The lowest BCUT2D eigenvalue weighted by Gasteiger charge is -2.24. The second-order valence-corrected chi connectivity index (χ2v) is 7.45. The van der Waals surface area contributed by atoms with Crippen LogP contribution in [0, 0.1) is 0 Å². The third-order valence-corrected chi connectivity index (χ3v) is 5.53. The Hall–Kier alpha value is -3.02. The number of imidazole rings is 1. The molecule has 0 saturated carbocycles. The SMILES string of the molecule is CCc1nccn1-c1cncc([C@H]2CCCN2C(=O)CCCc2ccccc2)n1. The molecule has 1 aliphatic rings.